The molecule has 0 saturated heterocycles. The number of hydrogen-bond donors (Lipinski definition) is 1. The van der Waals surface area contributed by atoms with Gasteiger partial charge in [0.1, 0.15) is 0 Å². The fraction of sp³-hybridized carbons (Fsp3) is 0.188. The number of phenols is 1. The molecule has 0 bridgehead atoms. The normalized spacial score (nSPS) is 10.9. The summed E-state index contributed by atoms with van der Waals surface area (Å²) in [5.74, 6) is 0.513. The van der Waals surface area contributed by atoms with Crippen LogP contribution in [0.3, 0.4) is 0 Å². The lowest BCUT2D eigenvalue weighted by Crippen LogP contribution is -1.88. The molecule has 0 spiro atoms. The van der Waals surface area contributed by atoms with Crippen molar-refractivity contribution < 1.29 is 9.84 Å². The Hall–Kier alpha value is -1.81. The van der Waals surface area contributed by atoms with Crippen LogP contribution in [-0.4, -0.2) is 18.4 Å². The first-order chi connectivity index (χ1) is 9.63. The van der Waals surface area contributed by atoms with E-state index >= 15 is 0 Å². The molecular formula is C16H16BrNO2. The minimum atomic E-state index is 0.0944. The van der Waals surface area contributed by atoms with E-state index in [4.69, 9.17) is 4.74 Å². The van der Waals surface area contributed by atoms with Crippen molar-refractivity contribution in [1.29, 1.82) is 0 Å². The second-order valence-corrected chi connectivity index (χ2v) is 5.19. The van der Waals surface area contributed by atoms with E-state index in [9.17, 15) is 5.11 Å². The number of aliphatic imine (C=N–C) groups is 1. The van der Waals surface area contributed by atoms with Crippen LogP contribution < -0.4 is 4.74 Å². The number of ether oxygens (including phenoxy) is 1. The highest BCUT2D eigenvalue weighted by molar-refractivity contribution is 9.10. The lowest BCUT2D eigenvalue weighted by Gasteiger charge is -2.06. The third kappa shape index (κ3) is 3.39. The number of hydrogen-bond acceptors (Lipinski definition) is 3. The van der Waals surface area contributed by atoms with Crippen LogP contribution in [0.25, 0.3) is 0 Å². The zero-order valence-electron chi connectivity index (χ0n) is 11.4. The summed E-state index contributed by atoms with van der Waals surface area (Å²) in [6.07, 6.45) is 2.76. The Balaban J connectivity index is 2.24. The molecule has 3 nitrogen and oxygen atoms in total. The fourth-order valence-electron chi connectivity index (χ4n) is 1.79. The van der Waals surface area contributed by atoms with Gasteiger partial charge in [0.2, 0.25) is 0 Å². The summed E-state index contributed by atoms with van der Waals surface area (Å²) >= 11 is 3.29. The molecule has 0 amide bonds. The number of aromatic hydroxyl groups is 1. The minimum Gasteiger partial charge on any atom is -0.503 e. The monoisotopic (exact) mass is 333 g/mol. The number of nitrogens with zero attached hydrogens (tertiary/aromatic N) is 1. The van der Waals surface area contributed by atoms with Crippen LogP contribution >= 0.6 is 15.9 Å². The van der Waals surface area contributed by atoms with E-state index in [0.29, 0.717) is 10.2 Å². The van der Waals surface area contributed by atoms with E-state index in [0.717, 1.165) is 17.7 Å². The average Bonchev–Trinajstić information content (AvgIpc) is 2.48. The Morgan fingerprint density at radius 1 is 1.25 bits per heavy atom. The molecule has 20 heavy (non-hydrogen) atoms. The van der Waals surface area contributed by atoms with Crippen molar-refractivity contribution in [3.05, 3.63) is 52.0 Å². The van der Waals surface area contributed by atoms with Gasteiger partial charge in [0.15, 0.2) is 11.5 Å². The van der Waals surface area contributed by atoms with E-state index in [1.54, 1.807) is 18.3 Å². The van der Waals surface area contributed by atoms with Gasteiger partial charge < -0.3 is 9.84 Å². The molecule has 2 aromatic rings. The highest BCUT2D eigenvalue weighted by atomic mass is 79.9. The van der Waals surface area contributed by atoms with Crippen molar-refractivity contribution in [2.75, 3.05) is 7.11 Å². The standard InChI is InChI=1S/C16H16BrNO2/c1-3-11-4-6-13(7-5-11)18-10-12-8-14(17)16(19)15(9-12)20-2/h4-10,19H,3H2,1-2H3. The first-order valence-corrected chi connectivity index (χ1v) is 7.13. The van der Waals surface area contributed by atoms with E-state index in [1.807, 2.05) is 12.1 Å². The van der Waals surface area contributed by atoms with Gasteiger partial charge >= 0.3 is 0 Å². The third-order valence-corrected chi connectivity index (χ3v) is 3.58. The van der Waals surface area contributed by atoms with Gasteiger partial charge in [-0.2, -0.15) is 0 Å². The maximum atomic E-state index is 9.75. The summed E-state index contributed by atoms with van der Waals surface area (Å²) in [5.41, 5.74) is 3.04. The second kappa shape index (κ2) is 6.57. The average molecular weight is 334 g/mol. The molecule has 0 aliphatic carbocycles. The van der Waals surface area contributed by atoms with Crippen molar-refractivity contribution in [2.24, 2.45) is 4.99 Å². The zero-order valence-corrected chi connectivity index (χ0v) is 13.0. The van der Waals surface area contributed by atoms with Crippen molar-refractivity contribution >= 4 is 27.8 Å². The van der Waals surface area contributed by atoms with Crippen molar-refractivity contribution in [3.8, 4) is 11.5 Å². The molecule has 0 aliphatic rings. The van der Waals surface area contributed by atoms with Gasteiger partial charge in [-0.05, 0) is 57.7 Å². The highest BCUT2D eigenvalue weighted by Gasteiger charge is 2.07. The quantitative estimate of drug-likeness (QED) is 0.838. The van der Waals surface area contributed by atoms with Gasteiger partial charge in [0.25, 0.3) is 0 Å². The van der Waals surface area contributed by atoms with Crippen LogP contribution in [0.2, 0.25) is 0 Å². The first kappa shape index (κ1) is 14.6. The third-order valence-electron chi connectivity index (χ3n) is 2.98. The van der Waals surface area contributed by atoms with Gasteiger partial charge in [0.05, 0.1) is 17.3 Å². The summed E-state index contributed by atoms with van der Waals surface area (Å²) < 4.78 is 5.69. The van der Waals surface area contributed by atoms with Crippen LogP contribution in [0.15, 0.2) is 45.9 Å². The topological polar surface area (TPSA) is 41.8 Å². The lowest BCUT2D eigenvalue weighted by atomic mass is 10.1. The summed E-state index contributed by atoms with van der Waals surface area (Å²) in [4.78, 5) is 4.42. The number of halogens is 1. The van der Waals surface area contributed by atoms with Gasteiger partial charge in [-0.3, -0.25) is 4.99 Å². The number of rotatable bonds is 4. The molecule has 0 aliphatic heterocycles. The Bertz CT molecular complexity index is 621. The highest BCUT2D eigenvalue weighted by Crippen LogP contribution is 2.34. The summed E-state index contributed by atoms with van der Waals surface area (Å²) in [7, 11) is 1.52. The van der Waals surface area contributed by atoms with Gasteiger partial charge in [-0.15, -0.1) is 0 Å². The molecule has 0 aromatic heterocycles. The first-order valence-electron chi connectivity index (χ1n) is 6.33. The molecule has 0 heterocycles. The molecule has 0 saturated carbocycles. The molecule has 4 heteroatoms. The van der Waals surface area contributed by atoms with E-state index in [1.165, 1.54) is 12.7 Å². The van der Waals surface area contributed by atoms with Gasteiger partial charge in [-0.1, -0.05) is 19.1 Å². The Morgan fingerprint density at radius 2 is 1.95 bits per heavy atom. The summed E-state index contributed by atoms with van der Waals surface area (Å²) in [6.45, 7) is 2.12. The van der Waals surface area contributed by atoms with Crippen LogP contribution in [0, 0.1) is 0 Å². The predicted octanol–water partition coefficient (Wildman–Crippen LogP) is 4.48. The van der Waals surface area contributed by atoms with Crippen molar-refractivity contribution in [3.63, 3.8) is 0 Å². The SMILES string of the molecule is CCc1ccc(N=Cc2cc(Br)c(O)c(OC)c2)cc1. The molecule has 0 unspecified atom stereocenters. The molecular weight excluding hydrogens is 318 g/mol. The molecule has 0 radical (unpaired) electrons. The summed E-state index contributed by atoms with van der Waals surface area (Å²) in [5, 5.41) is 9.75. The van der Waals surface area contributed by atoms with Crippen molar-refractivity contribution in [2.45, 2.75) is 13.3 Å². The number of phenolic OH excluding ortho intramolecular Hbond substituents is 1. The van der Waals surface area contributed by atoms with Gasteiger partial charge in [0, 0.05) is 6.21 Å². The molecule has 2 rings (SSSR count). The molecule has 1 N–H and O–H groups in total. The number of aryl methyl sites for hydroxylation is 1. The van der Waals surface area contributed by atoms with Crippen LogP contribution in [-0.2, 0) is 6.42 Å². The maximum absolute atomic E-state index is 9.75. The predicted molar refractivity (Wildman–Crippen MR) is 85.4 cm³/mol. The molecule has 0 fully saturated rings. The molecule has 2 aromatic carbocycles. The number of methoxy groups -OCH3 is 1. The Labute approximate surface area is 127 Å². The van der Waals surface area contributed by atoms with Crippen LogP contribution in [0.4, 0.5) is 5.69 Å². The Kier molecular flexibility index (Phi) is 4.79. The van der Waals surface area contributed by atoms with Gasteiger partial charge in [-0.25, -0.2) is 0 Å². The van der Waals surface area contributed by atoms with Crippen molar-refractivity contribution in [1.82, 2.24) is 0 Å². The smallest absolute Gasteiger partial charge is 0.172 e. The Morgan fingerprint density at radius 3 is 2.55 bits per heavy atom. The zero-order chi connectivity index (χ0) is 14.5. The van der Waals surface area contributed by atoms with Crippen LogP contribution in [0.1, 0.15) is 18.1 Å². The largest absolute Gasteiger partial charge is 0.503 e. The maximum Gasteiger partial charge on any atom is 0.172 e. The minimum absolute atomic E-state index is 0.0944. The van der Waals surface area contributed by atoms with Crippen LogP contribution in [0.5, 0.6) is 11.5 Å². The molecule has 0 atom stereocenters. The summed E-state index contributed by atoms with van der Waals surface area (Å²) in [6, 6.07) is 11.6. The molecule has 104 valence electrons. The van der Waals surface area contributed by atoms with E-state index in [2.05, 4.69) is 40.0 Å². The second-order valence-electron chi connectivity index (χ2n) is 4.33. The lowest BCUT2D eigenvalue weighted by molar-refractivity contribution is 0.372. The number of benzene rings is 2. The van der Waals surface area contributed by atoms with E-state index < -0.39 is 0 Å². The fourth-order valence-corrected chi connectivity index (χ4v) is 2.25. The van der Waals surface area contributed by atoms with E-state index in [-0.39, 0.29) is 5.75 Å².